The van der Waals surface area contributed by atoms with Crippen molar-refractivity contribution >= 4 is 42.5 Å². The first-order valence-corrected chi connectivity index (χ1v) is 12.2. The van der Waals surface area contributed by atoms with Crippen LogP contribution in [0.4, 0.5) is 4.79 Å². The summed E-state index contributed by atoms with van der Waals surface area (Å²) in [5.74, 6) is 0.224. The van der Waals surface area contributed by atoms with E-state index in [2.05, 4.69) is 15.9 Å². The van der Waals surface area contributed by atoms with Gasteiger partial charge in [-0.2, -0.15) is 0 Å². The highest BCUT2D eigenvalue weighted by atomic mass is 35.5. The zero-order valence-electron chi connectivity index (χ0n) is 19.8. The van der Waals surface area contributed by atoms with Crippen LogP contribution < -0.4 is 26.1 Å². The third kappa shape index (κ3) is 8.21. The summed E-state index contributed by atoms with van der Waals surface area (Å²) in [6.45, 7) is 0.813. The van der Waals surface area contributed by atoms with E-state index in [0.29, 0.717) is 34.8 Å². The van der Waals surface area contributed by atoms with Gasteiger partial charge in [0, 0.05) is 17.6 Å². The van der Waals surface area contributed by atoms with Crippen molar-refractivity contribution in [3.63, 3.8) is 0 Å². The first-order chi connectivity index (χ1) is 17.0. The highest BCUT2D eigenvalue weighted by Gasteiger charge is 2.25. The second-order valence-electron chi connectivity index (χ2n) is 8.51. The van der Waals surface area contributed by atoms with Gasteiger partial charge in [0.25, 0.3) is 12.4 Å². The number of hydrogen-bond donors (Lipinski definition) is 3. The minimum Gasteiger partial charge on any atom is -0.513 e. The highest BCUT2D eigenvalue weighted by Crippen LogP contribution is 2.22. The fourth-order valence-electron chi connectivity index (χ4n) is 4.15. The Hall–Kier alpha value is -3.20. The Labute approximate surface area is 211 Å². The van der Waals surface area contributed by atoms with Gasteiger partial charge in [-0.3, -0.25) is 14.4 Å². The lowest BCUT2D eigenvalue weighted by molar-refractivity contribution is -0.121. The van der Waals surface area contributed by atoms with E-state index in [0.717, 1.165) is 44.1 Å². The van der Waals surface area contributed by atoms with Crippen molar-refractivity contribution in [2.45, 2.75) is 51.0 Å². The number of amides is 3. The van der Waals surface area contributed by atoms with E-state index < -0.39 is 7.05 Å². The average Bonchev–Trinajstić information content (AvgIpc) is 2.87. The second kappa shape index (κ2) is 13.6. The second-order valence-corrected chi connectivity index (χ2v) is 8.95. The van der Waals surface area contributed by atoms with Gasteiger partial charge in [0.1, 0.15) is 5.75 Å². The van der Waals surface area contributed by atoms with Crippen LogP contribution in [-0.4, -0.2) is 45.2 Å². The molecule has 1 aliphatic rings. The number of ether oxygens (including phenoxy) is 1. The Kier molecular flexibility index (Phi) is 10.3. The Bertz CT molecular complexity index is 999. The predicted octanol–water partition coefficient (Wildman–Crippen LogP) is 3.21. The van der Waals surface area contributed by atoms with Crippen molar-refractivity contribution < 1.29 is 23.8 Å². The number of nitrogens with one attached hydrogen (secondary N) is 3. The molecule has 1 saturated carbocycles. The third-order valence-corrected chi connectivity index (χ3v) is 6.25. The van der Waals surface area contributed by atoms with Crippen molar-refractivity contribution in [3.8, 4) is 5.75 Å². The van der Waals surface area contributed by atoms with Crippen molar-refractivity contribution in [3.05, 3.63) is 58.6 Å². The summed E-state index contributed by atoms with van der Waals surface area (Å²) >= 11 is 6.00. The van der Waals surface area contributed by atoms with Crippen molar-refractivity contribution in [2.24, 2.45) is 0 Å². The Morgan fingerprint density at radius 2 is 1.86 bits per heavy atom. The van der Waals surface area contributed by atoms with Gasteiger partial charge in [-0.25, -0.2) is 0 Å². The molecule has 1 aliphatic carbocycles. The zero-order valence-corrected chi connectivity index (χ0v) is 20.6. The smallest absolute Gasteiger partial charge is 0.513 e. The van der Waals surface area contributed by atoms with E-state index in [-0.39, 0.29) is 18.0 Å². The van der Waals surface area contributed by atoms with Crippen LogP contribution in [0.2, 0.25) is 5.02 Å². The number of hydrogen-bond acceptors (Lipinski definition) is 5. The minimum absolute atomic E-state index is 0.156. The fraction of sp³-hybridized carbons (Fsp3) is 0.400. The first kappa shape index (κ1) is 26.4. The summed E-state index contributed by atoms with van der Waals surface area (Å²) in [5, 5.41) is 9.03. The van der Waals surface area contributed by atoms with Crippen molar-refractivity contribution in [2.75, 3.05) is 13.7 Å². The number of urea groups is 1. The van der Waals surface area contributed by atoms with Crippen LogP contribution in [0.1, 0.15) is 54.4 Å². The molecule has 3 rings (SSSR count). The molecule has 0 aliphatic heterocycles. The van der Waals surface area contributed by atoms with Crippen LogP contribution in [0.3, 0.4) is 0 Å². The SMILES string of the molecule is COc1ccc(Cl)cc1C(=O)NCCCc1ccc(B(NC(=O)NC2CCCCC2)OC=O)cc1. The van der Waals surface area contributed by atoms with Gasteiger partial charge in [0.15, 0.2) is 0 Å². The largest absolute Gasteiger partial charge is 0.522 e. The molecule has 2 aromatic rings. The molecule has 8 nitrogen and oxygen atoms in total. The number of carbonyl (C=O) groups is 3. The van der Waals surface area contributed by atoms with Gasteiger partial charge in [-0.15, -0.1) is 0 Å². The van der Waals surface area contributed by atoms with E-state index in [1.54, 1.807) is 18.2 Å². The Balaban J connectivity index is 1.47. The summed E-state index contributed by atoms with van der Waals surface area (Å²) in [6, 6.07) is 12.2. The van der Waals surface area contributed by atoms with E-state index in [1.807, 2.05) is 24.3 Å². The summed E-state index contributed by atoms with van der Waals surface area (Å²) in [7, 11) is 0.643. The maximum atomic E-state index is 12.5. The Morgan fingerprint density at radius 1 is 1.11 bits per heavy atom. The third-order valence-electron chi connectivity index (χ3n) is 6.01. The maximum Gasteiger partial charge on any atom is 0.522 e. The fourth-order valence-corrected chi connectivity index (χ4v) is 4.32. The molecule has 0 unspecified atom stereocenters. The molecule has 0 spiro atoms. The van der Waals surface area contributed by atoms with Gasteiger partial charge < -0.3 is 25.3 Å². The summed E-state index contributed by atoms with van der Waals surface area (Å²) in [4.78, 5) is 35.8. The van der Waals surface area contributed by atoms with Crippen LogP contribution >= 0.6 is 11.6 Å². The number of aryl methyl sites for hydroxylation is 1. The number of methoxy groups -OCH3 is 1. The lowest BCUT2D eigenvalue weighted by atomic mass is 9.73. The van der Waals surface area contributed by atoms with Gasteiger partial charge in [0.2, 0.25) is 0 Å². The first-order valence-electron chi connectivity index (χ1n) is 11.9. The molecule has 0 bridgehead atoms. The van der Waals surface area contributed by atoms with E-state index in [9.17, 15) is 14.4 Å². The molecular weight excluding hydrogens is 469 g/mol. The molecule has 0 atom stereocenters. The van der Waals surface area contributed by atoms with Gasteiger partial charge >= 0.3 is 13.1 Å². The van der Waals surface area contributed by atoms with Crippen LogP contribution in [0.25, 0.3) is 0 Å². The number of halogens is 1. The normalized spacial score (nSPS) is 13.4. The molecular formula is C25H31BClN3O5. The van der Waals surface area contributed by atoms with E-state index >= 15 is 0 Å². The van der Waals surface area contributed by atoms with Crippen LogP contribution in [0.15, 0.2) is 42.5 Å². The quantitative estimate of drug-likeness (QED) is 0.250. The van der Waals surface area contributed by atoms with Crippen molar-refractivity contribution in [1.82, 2.24) is 15.9 Å². The molecule has 3 amide bonds. The molecule has 0 radical (unpaired) electrons. The highest BCUT2D eigenvalue weighted by molar-refractivity contribution is 6.68. The van der Waals surface area contributed by atoms with Crippen molar-refractivity contribution in [1.29, 1.82) is 0 Å². The predicted molar refractivity (Wildman–Crippen MR) is 136 cm³/mol. The molecule has 35 heavy (non-hydrogen) atoms. The van der Waals surface area contributed by atoms with Gasteiger partial charge in [0.05, 0.1) is 12.7 Å². The average molecular weight is 500 g/mol. The maximum absolute atomic E-state index is 12.5. The molecule has 2 aromatic carbocycles. The lowest BCUT2D eigenvalue weighted by Crippen LogP contribution is -2.55. The van der Waals surface area contributed by atoms with Gasteiger partial charge in [-0.1, -0.05) is 55.1 Å². The molecule has 10 heteroatoms. The van der Waals surface area contributed by atoms with Gasteiger partial charge in [-0.05, 0) is 54.9 Å². The molecule has 1 fully saturated rings. The number of rotatable bonds is 11. The summed E-state index contributed by atoms with van der Waals surface area (Å²) in [5.41, 5.74) is 2.12. The Morgan fingerprint density at radius 3 is 2.54 bits per heavy atom. The van der Waals surface area contributed by atoms with Crippen LogP contribution in [0, 0.1) is 0 Å². The van der Waals surface area contributed by atoms with E-state index in [1.165, 1.54) is 13.5 Å². The molecule has 0 heterocycles. The van der Waals surface area contributed by atoms with Crippen LogP contribution in [-0.2, 0) is 15.9 Å². The molecule has 3 N–H and O–H groups in total. The molecule has 186 valence electrons. The number of benzene rings is 2. The summed E-state index contributed by atoms with van der Waals surface area (Å²) < 4.78 is 10.3. The number of carbonyl (C=O) groups excluding carboxylic acids is 3. The van der Waals surface area contributed by atoms with Crippen LogP contribution in [0.5, 0.6) is 5.75 Å². The monoisotopic (exact) mass is 499 g/mol. The summed E-state index contributed by atoms with van der Waals surface area (Å²) in [6.07, 6.45) is 6.82. The zero-order chi connectivity index (χ0) is 25.0. The van der Waals surface area contributed by atoms with E-state index in [4.69, 9.17) is 21.0 Å². The minimum atomic E-state index is -0.864. The topological polar surface area (TPSA) is 106 Å². The standard InChI is InChI=1S/C25H31BClN3O5/c1-34-23-14-13-20(27)16-22(23)24(32)28-15-5-6-18-9-11-19(12-10-18)26(35-17-31)30-25(33)29-21-7-3-2-4-8-21/h9-14,16-17,21H,2-8,15H2,1H3,(H,28,32)(H2,29,30,33). The molecule has 0 saturated heterocycles. The lowest BCUT2D eigenvalue weighted by Gasteiger charge is -2.23. The molecule has 0 aromatic heterocycles.